The van der Waals surface area contributed by atoms with Crippen LogP contribution in [0.3, 0.4) is 0 Å². The van der Waals surface area contributed by atoms with Crippen LogP contribution in [-0.4, -0.2) is 53.4 Å². The molecule has 2 aromatic carbocycles. The maximum atomic E-state index is 13.0. The predicted octanol–water partition coefficient (Wildman–Crippen LogP) is 3.13. The zero-order chi connectivity index (χ0) is 21.1. The van der Waals surface area contributed by atoms with E-state index in [0.29, 0.717) is 43.9 Å². The molecule has 2 aliphatic heterocycles. The SMILES string of the molecule is O=C(CCc1cccc(Oc2ccc(F)cc2)c1)N1CCC(N2C(=O)COC2=O)C1. The monoisotopic (exact) mass is 412 g/mol. The van der Waals surface area contributed by atoms with Crippen molar-refractivity contribution in [3.63, 3.8) is 0 Å². The molecule has 4 rings (SSSR count). The molecule has 0 aliphatic carbocycles. The van der Waals surface area contributed by atoms with Crippen LogP contribution in [0.15, 0.2) is 48.5 Å². The lowest BCUT2D eigenvalue weighted by molar-refractivity contribution is -0.131. The summed E-state index contributed by atoms with van der Waals surface area (Å²) in [5.74, 6) is 0.436. The molecule has 30 heavy (non-hydrogen) atoms. The number of amides is 3. The van der Waals surface area contributed by atoms with Crippen LogP contribution in [0.4, 0.5) is 9.18 Å². The summed E-state index contributed by atoms with van der Waals surface area (Å²) in [5.41, 5.74) is 0.942. The molecule has 1 atom stereocenters. The lowest BCUT2D eigenvalue weighted by Crippen LogP contribution is -2.42. The van der Waals surface area contributed by atoms with Crippen molar-refractivity contribution >= 4 is 17.9 Å². The molecule has 3 amide bonds. The summed E-state index contributed by atoms with van der Waals surface area (Å²) in [7, 11) is 0. The zero-order valence-corrected chi connectivity index (χ0v) is 16.3. The number of carbonyl (C=O) groups excluding carboxylic acids is 3. The highest BCUT2D eigenvalue weighted by Gasteiger charge is 2.41. The van der Waals surface area contributed by atoms with Gasteiger partial charge in [-0.15, -0.1) is 0 Å². The van der Waals surface area contributed by atoms with Crippen LogP contribution in [0.1, 0.15) is 18.4 Å². The third kappa shape index (κ3) is 4.42. The van der Waals surface area contributed by atoms with E-state index in [2.05, 4.69) is 0 Å². The van der Waals surface area contributed by atoms with E-state index < -0.39 is 6.09 Å². The normalized spacial score (nSPS) is 18.6. The first-order valence-corrected chi connectivity index (χ1v) is 9.78. The molecular formula is C22H21FN2O5. The van der Waals surface area contributed by atoms with E-state index >= 15 is 0 Å². The summed E-state index contributed by atoms with van der Waals surface area (Å²) in [6, 6.07) is 12.9. The summed E-state index contributed by atoms with van der Waals surface area (Å²) in [6.07, 6.45) is 0.779. The second kappa shape index (κ2) is 8.52. The van der Waals surface area contributed by atoms with Crippen LogP contribution >= 0.6 is 0 Å². The molecule has 7 nitrogen and oxygen atoms in total. The Morgan fingerprint density at radius 3 is 2.67 bits per heavy atom. The highest BCUT2D eigenvalue weighted by atomic mass is 19.1. The average Bonchev–Trinajstić information content (AvgIpc) is 3.34. The van der Waals surface area contributed by atoms with Crippen LogP contribution in [-0.2, 0) is 20.7 Å². The van der Waals surface area contributed by atoms with Gasteiger partial charge in [0.15, 0.2) is 6.61 Å². The van der Waals surface area contributed by atoms with Gasteiger partial charge in [-0.1, -0.05) is 12.1 Å². The highest BCUT2D eigenvalue weighted by Crippen LogP contribution is 2.24. The lowest BCUT2D eigenvalue weighted by Gasteiger charge is -2.20. The number of cyclic esters (lactones) is 1. The molecule has 2 aliphatic rings. The number of halogens is 1. The summed E-state index contributed by atoms with van der Waals surface area (Å²) in [4.78, 5) is 38.9. The molecule has 2 heterocycles. The summed E-state index contributed by atoms with van der Waals surface area (Å²) < 4.78 is 23.5. The molecule has 156 valence electrons. The first kappa shape index (κ1) is 19.9. The van der Waals surface area contributed by atoms with Crippen LogP contribution in [0.5, 0.6) is 11.5 Å². The van der Waals surface area contributed by atoms with Gasteiger partial charge in [0.25, 0.3) is 5.91 Å². The molecule has 2 saturated heterocycles. The van der Waals surface area contributed by atoms with Gasteiger partial charge in [-0.05, 0) is 54.8 Å². The van der Waals surface area contributed by atoms with Gasteiger partial charge in [0.2, 0.25) is 5.91 Å². The minimum atomic E-state index is -0.628. The van der Waals surface area contributed by atoms with E-state index in [-0.39, 0.29) is 30.3 Å². The molecule has 2 aromatic rings. The summed E-state index contributed by atoms with van der Waals surface area (Å²) >= 11 is 0. The van der Waals surface area contributed by atoms with Crippen molar-refractivity contribution < 1.29 is 28.2 Å². The molecule has 0 radical (unpaired) electrons. The fourth-order valence-corrected chi connectivity index (χ4v) is 3.71. The van der Waals surface area contributed by atoms with Crippen molar-refractivity contribution in [3.8, 4) is 11.5 Å². The molecular weight excluding hydrogens is 391 g/mol. The lowest BCUT2D eigenvalue weighted by atomic mass is 10.1. The Balaban J connectivity index is 1.30. The standard InChI is InChI=1S/C22H21FN2O5/c23-16-5-7-18(8-6-16)30-19-3-1-2-15(12-19)4-9-20(26)24-11-10-17(13-24)25-21(27)14-29-22(25)28/h1-3,5-8,12,17H,4,9-11,13-14H2. The minimum absolute atomic E-state index is 0.0256. The third-order valence-electron chi connectivity index (χ3n) is 5.24. The van der Waals surface area contributed by atoms with Gasteiger partial charge in [0, 0.05) is 19.5 Å². The fourth-order valence-electron chi connectivity index (χ4n) is 3.71. The van der Waals surface area contributed by atoms with Crippen molar-refractivity contribution in [1.29, 1.82) is 0 Å². The second-order valence-corrected chi connectivity index (χ2v) is 7.30. The minimum Gasteiger partial charge on any atom is -0.457 e. The van der Waals surface area contributed by atoms with E-state index in [9.17, 15) is 18.8 Å². The predicted molar refractivity (Wildman–Crippen MR) is 104 cm³/mol. The highest BCUT2D eigenvalue weighted by molar-refractivity contribution is 5.98. The largest absolute Gasteiger partial charge is 0.457 e. The van der Waals surface area contributed by atoms with Gasteiger partial charge in [0.05, 0.1) is 6.04 Å². The number of benzene rings is 2. The van der Waals surface area contributed by atoms with Gasteiger partial charge >= 0.3 is 6.09 Å². The van der Waals surface area contributed by atoms with Crippen LogP contribution < -0.4 is 4.74 Å². The first-order valence-electron chi connectivity index (χ1n) is 9.78. The number of aryl methyl sites for hydroxylation is 1. The maximum absolute atomic E-state index is 13.0. The van der Waals surface area contributed by atoms with Crippen molar-refractivity contribution in [1.82, 2.24) is 9.80 Å². The fraction of sp³-hybridized carbons (Fsp3) is 0.318. The molecule has 0 bridgehead atoms. The Hall–Kier alpha value is -3.42. The molecule has 0 aromatic heterocycles. The Morgan fingerprint density at radius 2 is 1.93 bits per heavy atom. The second-order valence-electron chi connectivity index (χ2n) is 7.30. The van der Waals surface area contributed by atoms with Gasteiger partial charge in [0.1, 0.15) is 17.3 Å². The number of likely N-dealkylation sites (tertiary alicyclic amines) is 1. The van der Waals surface area contributed by atoms with E-state index in [1.54, 1.807) is 23.1 Å². The van der Waals surface area contributed by atoms with Crippen LogP contribution in [0.25, 0.3) is 0 Å². The number of hydrogen-bond acceptors (Lipinski definition) is 5. The Kier molecular flexibility index (Phi) is 5.65. The van der Waals surface area contributed by atoms with Crippen LogP contribution in [0.2, 0.25) is 0 Å². The van der Waals surface area contributed by atoms with Gasteiger partial charge in [-0.2, -0.15) is 0 Å². The number of nitrogens with zero attached hydrogens (tertiary/aromatic N) is 2. The van der Waals surface area contributed by atoms with E-state index in [0.717, 1.165) is 10.5 Å². The average molecular weight is 412 g/mol. The van der Waals surface area contributed by atoms with Gasteiger partial charge in [-0.3, -0.25) is 9.59 Å². The molecule has 0 spiro atoms. The van der Waals surface area contributed by atoms with E-state index in [1.807, 2.05) is 18.2 Å². The number of imide groups is 1. The van der Waals surface area contributed by atoms with Crippen molar-refractivity contribution in [2.75, 3.05) is 19.7 Å². The summed E-state index contributed by atoms with van der Waals surface area (Å²) in [6.45, 7) is 0.626. The molecule has 8 heteroatoms. The number of carbonyl (C=O) groups is 3. The Labute approximate surface area is 173 Å². The van der Waals surface area contributed by atoms with Crippen molar-refractivity contribution in [2.45, 2.75) is 25.3 Å². The Bertz CT molecular complexity index is 946. The van der Waals surface area contributed by atoms with Crippen molar-refractivity contribution in [3.05, 3.63) is 59.9 Å². The quantitative estimate of drug-likeness (QED) is 0.729. The molecule has 2 fully saturated rings. The topological polar surface area (TPSA) is 76.2 Å². The summed E-state index contributed by atoms with van der Waals surface area (Å²) in [5, 5.41) is 0. The van der Waals surface area contributed by atoms with E-state index in [4.69, 9.17) is 9.47 Å². The smallest absolute Gasteiger partial charge is 0.417 e. The van der Waals surface area contributed by atoms with Crippen LogP contribution in [0, 0.1) is 5.82 Å². The third-order valence-corrected chi connectivity index (χ3v) is 5.24. The molecule has 0 saturated carbocycles. The van der Waals surface area contributed by atoms with E-state index in [1.165, 1.54) is 12.1 Å². The molecule has 1 unspecified atom stereocenters. The number of ether oxygens (including phenoxy) is 2. The van der Waals surface area contributed by atoms with Gasteiger partial charge < -0.3 is 14.4 Å². The van der Waals surface area contributed by atoms with Gasteiger partial charge in [-0.25, -0.2) is 14.1 Å². The zero-order valence-electron chi connectivity index (χ0n) is 16.3. The molecule has 0 N–H and O–H groups in total. The number of rotatable bonds is 6. The van der Waals surface area contributed by atoms with Crippen molar-refractivity contribution in [2.24, 2.45) is 0 Å². The number of hydrogen-bond donors (Lipinski definition) is 0. The maximum Gasteiger partial charge on any atom is 0.417 e. The Morgan fingerprint density at radius 1 is 1.13 bits per heavy atom. The first-order chi connectivity index (χ1) is 14.5.